The Kier molecular flexibility index (Phi) is 8.47. The molecule has 0 saturated carbocycles. The van der Waals surface area contributed by atoms with Gasteiger partial charge in [0.1, 0.15) is 5.75 Å². The molecule has 0 unspecified atom stereocenters. The number of hydrogen-bond donors (Lipinski definition) is 0. The van der Waals surface area contributed by atoms with Gasteiger partial charge in [0.15, 0.2) is 0 Å². The molecule has 4 heteroatoms. The van der Waals surface area contributed by atoms with Gasteiger partial charge < -0.3 is 4.74 Å². The first-order valence-electron chi connectivity index (χ1n) is 7.13. The highest BCUT2D eigenvalue weighted by atomic mass is 17.2. The minimum Gasteiger partial charge on any atom is -0.494 e. The molecule has 0 aromatic heterocycles. The topological polar surface area (TPSA) is 44.8 Å². The summed E-state index contributed by atoms with van der Waals surface area (Å²) in [6.45, 7) is 6.76. The second-order valence-electron chi connectivity index (χ2n) is 4.48. The predicted molar refractivity (Wildman–Crippen MR) is 77.4 cm³/mol. The van der Waals surface area contributed by atoms with Crippen LogP contribution in [0.5, 0.6) is 5.75 Å². The minimum absolute atomic E-state index is 0.296. The highest BCUT2D eigenvalue weighted by Crippen LogP contribution is 2.14. The molecule has 0 aliphatic rings. The Hall–Kier alpha value is -1.55. The lowest BCUT2D eigenvalue weighted by Crippen LogP contribution is -2.06. The van der Waals surface area contributed by atoms with Gasteiger partial charge in [-0.1, -0.05) is 33.1 Å². The summed E-state index contributed by atoms with van der Waals surface area (Å²) in [5.74, 6) is 0.254. The molecule has 0 atom stereocenters. The van der Waals surface area contributed by atoms with Crippen LogP contribution in [0.3, 0.4) is 0 Å². The molecule has 4 nitrogen and oxygen atoms in total. The Morgan fingerprint density at radius 1 is 1.10 bits per heavy atom. The standard InChI is InChI=1S/C16H23O4/c1-3-5-6-7-13-18-15-10-8-14(9-11-15)16(17)20-19-12-4-2/h8-11H,2-7,12-13H2,1H3. The Morgan fingerprint density at radius 3 is 2.50 bits per heavy atom. The summed E-state index contributed by atoms with van der Waals surface area (Å²) in [6.07, 6.45) is 5.24. The summed E-state index contributed by atoms with van der Waals surface area (Å²) >= 11 is 0. The third-order valence-corrected chi connectivity index (χ3v) is 2.72. The van der Waals surface area contributed by atoms with Crippen molar-refractivity contribution in [1.82, 2.24) is 0 Å². The van der Waals surface area contributed by atoms with Gasteiger partial charge in [-0.2, -0.15) is 4.89 Å². The number of benzene rings is 1. The van der Waals surface area contributed by atoms with Crippen LogP contribution in [0.2, 0.25) is 0 Å². The van der Waals surface area contributed by atoms with E-state index in [2.05, 4.69) is 23.6 Å². The molecule has 0 bridgehead atoms. The average Bonchev–Trinajstić information content (AvgIpc) is 2.48. The molecule has 1 radical (unpaired) electrons. The maximum Gasteiger partial charge on any atom is 0.373 e. The van der Waals surface area contributed by atoms with E-state index >= 15 is 0 Å². The van der Waals surface area contributed by atoms with E-state index in [1.165, 1.54) is 19.3 Å². The normalized spacial score (nSPS) is 10.3. The van der Waals surface area contributed by atoms with Crippen molar-refractivity contribution in [2.75, 3.05) is 13.2 Å². The molecule has 0 amide bonds. The van der Waals surface area contributed by atoms with Crippen LogP contribution in [-0.2, 0) is 9.78 Å². The molecule has 0 fully saturated rings. The van der Waals surface area contributed by atoms with E-state index in [4.69, 9.17) is 4.74 Å². The van der Waals surface area contributed by atoms with E-state index in [9.17, 15) is 4.79 Å². The molecule has 0 aliphatic carbocycles. The maximum absolute atomic E-state index is 11.6. The predicted octanol–water partition coefficient (Wildman–Crippen LogP) is 3.96. The van der Waals surface area contributed by atoms with Crippen molar-refractivity contribution < 1.29 is 19.3 Å². The van der Waals surface area contributed by atoms with Crippen LogP contribution in [0.15, 0.2) is 24.3 Å². The number of carbonyl (C=O) groups excluding carboxylic acids is 1. The zero-order chi connectivity index (χ0) is 14.6. The monoisotopic (exact) mass is 279 g/mol. The van der Waals surface area contributed by atoms with Crippen LogP contribution in [0.1, 0.15) is 49.4 Å². The second kappa shape index (κ2) is 10.3. The van der Waals surface area contributed by atoms with Crippen LogP contribution in [0, 0.1) is 6.92 Å². The van der Waals surface area contributed by atoms with Crippen molar-refractivity contribution in [3.63, 3.8) is 0 Å². The third-order valence-electron chi connectivity index (χ3n) is 2.72. The molecule has 1 rings (SSSR count). The minimum atomic E-state index is -0.507. The molecular weight excluding hydrogens is 256 g/mol. The summed E-state index contributed by atoms with van der Waals surface area (Å²) in [5.41, 5.74) is 0.437. The number of carbonyl (C=O) groups is 1. The Balaban J connectivity index is 2.30. The first-order valence-corrected chi connectivity index (χ1v) is 7.13. The molecule has 0 heterocycles. The van der Waals surface area contributed by atoms with Crippen molar-refractivity contribution in [1.29, 1.82) is 0 Å². The average molecular weight is 279 g/mol. The smallest absolute Gasteiger partial charge is 0.373 e. The SMILES string of the molecule is [CH2]CCOOC(=O)c1ccc(OCCCCCC)cc1. The van der Waals surface area contributed by atoms with E-state index in [0.717, 1.165) is 12.2 Å². The fourth-order valence-corrected chi connectivity index (χ4v) is 1.61. The van der Waals surface area contributed by atoms with Gasteiger partial charge in [-0.25, -0.2) is 4.79 Å². The lowest BCUT2D eigenvalue weighted by atomic mass is 10.2. The van der Waals surface area contributed by atoms with Crippen molar-refractivity contribution in [3.8, 4) is 5.75 Å². The van der Waals surface area contributed by atoms with Gasteiger partial charge >= 0.3 is 5.97 Å². The van der Waals surface area contributed by atoms with E-state index in [1.54, 1.807) is 24.3 Å². The quantitative estimate of drug-likeness (QED) is 0.369. The number of unbranched alkanes of at least 4 members (excludes halogenated alkanes) is 3. The maximum atomic E-state index is 11.6. The van der Waals surface area contributed by atoms with Crippen LogP contribution < -0.4 is 4.74 Å². The van der Waals surface area contributed by atoms with Gasteiger partial charge in [0, 0.05) is 0 Å². The van der Waals surface area contributed by atoms with E-state index in [-0.39, 0.29) is 0 Å². The molecule has 0 saturated heterocycles. The summed E-state index contributed by atoms with van der Waals surface area (Å²) < 4.78 is 5.59. The summed E-state index contributed by atoms with van der Waals surface area (Å²) in [7, 11) is 0. The van der Waals surface area contributed by atoms with Crippen LogP contribution in [0.4, 0.5) is 0 Å². The Morgan fingerprint density at radius 2 is 1.85 bits per heavy atom. The lowest BCUT2D eigenvalue weighted by molar-refractivity contribution is -0.239. The van der Waals surface area contributed by atoms with E-state index in [1.807, 2.05) is 0 Å². The Bertz CT molecular complexity index is 373. The highest BCUT2D eigenvalue weighted by molar-refractivity contribution is 5.89. The lowest BCUT2D eigenvalue weighted by Gasteiger charge is -2.07. The van der Waals surface area contributed by atoms with Gasteiger partial charge in [0.2, 0.25) is 0 Å². The highest BCUT2D eigenvalue weighted by Gasteiger charge is 2.08. The van der Waals surface area contributed by atoms with Crippen molar-refractivity contribution in [2.24, 2.45) is 0 Å². The number of hydrogen-bond acceptors (Lipinski definition) is 4. The largest absolute Gasteiger partial charge is 0.494 e. The fraction of sp³-hybridized carbons (Fsp3) is 0.500. The first-order chi connectivity index (χ1) is 9.77. The third kappa shape index (κ3) is 6.57. The summed E-state index contributed by atoms with van der Waals surface area (Å²) in [6, 6.07) is 6.85. The van der Waals surface area contributed by atoms with Crippen LogP contribution in [0.25, 0.3) is 0 Å². The molecule has 0 N–H and O–H groups in total. The van der Waals surface area contributed by atoms with Crippen LogP contribution >= 0.6 is 0 Å². The van der Waals surface area contributed by atoms with Gasteiger partial charge in [0.05, 0.1) is 18.8 Å². The van der Waals surface area contributed by atoms with Gasteiger partial charge in [-0.3, -0.25) is 4.89 Å². The molecular formula is C16H23O4. The van der Waals surface area contributed by atoms with E-state index in [0.29, 0.717) is 25.2 Å². The van der Waals surface area contributed by atoms with Crippen LogP contribution in [-0.4, -0.2) is 19.2 Å². The van der Waals surface area contributed by atoms with Gasteiger partial charge in [0.25, 0.3) is 0 Å². The molecule has 0 aliphatic heterocycles. The number of ether oxygens (including phenoxy) is 1. The molecule has 20 heavy (non-hydrogen) atoms. The fourth-order valence-electron chi connectivity index (χ4n) is 1.61. The van der Waals surface area contributed by atoms with Crippen molar-refractivity contribution in [3.05, 3.63) is 36.8 Å². The van der Waals surface area contributed by atoms with Gasteiger partial charge in [-0.05, 0) is 37.1 Å². The summed E-state index contributed by atoms with van der Waals surface area (Å²) in [4.78, 5) is 20.9. The first kappa shape index (κ1) is 16.5. The molecule has 111 valence electrons. The molecule has 0 spiro atoms. The zero-order valence-electron chi connectivity index (χ0n) is 12.1. The number of rotatable bonds is 10. The van der Waals surface area contributed by atoms with Crippen molar-refractivity contribution in [2.45, 2.75) is 39.0 Å². The zero-order valence-corrected chi connectivity index (χ0v) is 12.1. The van der Waals surface area contributed by atoms with Gasteiger partial charge in [-0.15, -0.1) is 0 Å². The van der Waals surface area contributed by atoms with E-state index < -0.39 is 5.97 Å². The Labute approximate surface area is 121 Å². The molecule has 1 aromatic carbocycles. The van der Waals surface area contributed by atoms with Crippen molar-refractivity contribution >= 4 is 5.97 Å². The molecule has 1 aromatic rings. The second-order valence-corrected chi connectivity index (χ2v) is 4.48. The summed E-state index contributed by atoms with van der Waals surface area (Å²) in [5, 5.41) is 0.